The molecule has 1 aromatic heterocycles. The summed E-state index contributed by atoms with van der Waals surface area (Å²) in [4.78, 5) is 40.6. The number of aromatic amines is 1. The molecule has 0 saturated carbocycles. The van der Waals surface area contributed by atoms with Crippen LogP contribution in [0.15, 0.2) is 33.9 Å². The summed E-state index contributed by atoms with van der Waals surface area (Å²) in [5, 5.41) is 3.17. The van der Waals surface area contributed by atoms with Gasteiger partial charge in [0.2, 0.25) is 5.91 Å². The van der Waals surface area contributed by atoms with Gasteiger partial charge in [-0.15, -0.1) is 0 Å². The maximum atomic E-state index is 12.4. The van der Waals surface area contributed by atoms with E-state index in [1.54, 1.807) is 24.3 Å². The zero-order valence-corrected chi connectivity index (χ0v) is 14.0. The highest BCUT2D eigenvalue weighted by Crippen LogP contribution is 2.02. The first-order valence-electron chi connectivity index (χ1n) is 8.55. The van der Waals surface area contributed by atoms with E-state index < -0.39 is 11.2 Å². The fourth-order valence-electron chi connectivity index (χ4n) is 3.02. The molecule has 1 fully saturated rings. The predicted octanol–water partition coefficient (Wildman–Crippen LogP) is -1.89. The summed E-state index contributed by atoms with van der Waals surface area (Å²) in [6, 6.07) is 6.76. The summed E-state index contributed by atoms with van der Waals surface area (Å²) >= 11 is 0. The number of fused-ring (bicyclic) bond motifs is 1. The lowest BCUT2D eigenvalue weighted by atomic mass is 10.2. The minimum absolute atomic E-state index is 0.274. The molecule has 0 bridgehead atoms. The predicted molar refractivity (Wildman–Crippen MR) is 92.8 cm³/mol. The molecule has 0 atom stereocenters. The number of hydrogen-bond acceptors (Lipinski definition) is 4. The molecule has 1 amide bonds. The van der Waals surface area contributed by atoms with Gasteiger partial charge in [0.1, 0.15) is 19.6 Å². The van der Waals surface area contributed by atoms with Crippen LogP contribution in [0.1, 0.15) is 6.42 Å². The van der Waals surface area contributed by atoms with E-state index in [0.29, 0.717) is 17.4 Å². The van der Waals surface area contributed by atoms with E-state index in [2.05, 4.69) is 10.3 Å². The average molecular weight is 347 g/mol. The van der Waals surface area contributed by atoms with Crippen molar-refractivity contribution in [2.45, 2.75) is 13.0 Å². The molecule has 0 aliphatic carbocycles. The second-order valence-electron chi connectivity index (χ2n) is 6.18. The number of rotatable bonds is 6. The summed E-state index contributed by atoms with van der Waals surface area (Å²) in [7, 11) is 0. The maximum absolute atomic E-state index is 12.4. The summed E-state index contributed by atoms with van der Waals surface area (Å²) in [5.41, 5.74) is -0.550. The fourth-order valence-corrected chi connectivity index (χ4v) is 3.02. The molecule has 1 aliphatic rings. The van der Waals surface area contributed by atoms with Crippen molar-refractivity contribution < 1.29 is 14.4 Å². The fraction of sp³-hybridized carbons (Fsp3) is 0.471. The van der Waals surface area contributed by atoms with Gasteiger partial charge in [0.15, 0.2) is 0 Å². The van der Waals surface area contributed by atoms with Gasteiger partial charge in [0, 0.05) is 13.0 Å². The number of para-hydroxylation sites is 1. The summed E-state index contributed by atoms with van der Waals surface area (Å²) in [6.07, 6.45) is 0.851. The Labute approximate surface area is 144 Å². The lowest BCUT2D eigenvalue weighted by Crippen LogP contribution is -3.14. The van der Waals surface area contributed by atoms with Gasteiger partial charge in [-0.1, -0.05) is 12.1 Å². The van der Waals surface area contributed by atoms with Crippen molar-refractivity contribution in [1.29, 1.82) is 0 Å². The molecule has 25 heavy (non-hydrogen) atoms. The number of ether oxygens (including phenoxy) is 1. The van der Waals surface area contributed by atoms with Crippen LogP contribution in [0.2, 0.25) is 0 Å². The summed E-state index contributed by atoms with van der Waals surface area (Å²) < 4.78 is 6.24. The van der Waals surface area contributed by atoms with Gasteiger partial charge in [-0.2, -0.15) is 0 Å². The van der Waals surface area contributed by atoms with Crippen molar-refractivity contribution in [3.05, 3.63) is 45.1 Å². The summed E-state index contributed by atoms with van der Waals surface area (Å²) in [6.45, 7) is 4.79. The first-order chi connectivity index (χ1) is 12.1. The first-order valence-corrected chi connectivity index (χ1v) is 8.55. The van der Waals surface area contributed by atoms with Crippen LogP contribution in [0.3, 0.4) is 0 Å². The lowest BCUT2D eigenvalue weighted by molar-refractivity contribution is -0.908. The first kappa shape index (κ1) is 17.4. The molecule has 2 heterocycles. The second-order valence-corrected chi connectivity index (χ2v) is 6.18. The number of carbonyl (C=O) groups excluding carboxylic acids is 1. The highest BCUT2D eigenvalue weighted by molar-refractivity contribution is 5.78. The number of nitrogens with one attached hydrogen (secondary N) is 3. The number of amides is 1. The molecule has 3 N–H and O–H groups in total. The molecular weight excluding hydrogens is 324 g/mol. The molecule has 8 nitrogen and oxygen atoms in total. The van der Waals surface area contributed by atoms with Gasteiger partial charge in [0.25, 0.3) is 5.56 Å². The van der Waals surface area contributed by atoms with Gasteiger partial charge in [-0.05, 0) is 12.1 Å². The van der Waals surface area contributed by atoms with E-state index in [9.17, 15) is 14.4 Å². The maximum Gasteiger partial charge on any atom is 0.329 e. The van der Waals surface area contributed by atoms with E-state index in [1.165, 1.54) is 4.90 Å². The summed E-state index contributed by atoms with van der Waals surface area (Å²) in [5.74, 6) is -0.333. The number of hydrogen-bond donors (Lipinski definition) is 3. The standard InChI is InChI=1S/C17H22N4O4/c22-15(18-6-3-7-20-8-10-25-11-9-20)12-21-16(23)13-4-1-2-5-14(13)19-17(21)24/h1-2,4-5H,3,6-12H2,(H,18,22)(H,19,24)/p+1. The van der Waals surface area contributed by atoms with Crippen LogP contribution in [-0.2, 0) is 16.1 Å². The second kappa shape index (κ2) is 8.09. The van der Waals surface area contributed by atoms with Crippen LogP contribution in [0, 0.1) is 0 Å². The molecule has 1 aromatic carbocycles. The molecule has 0 radical (unpaired) electrons. The van der Waals surface area contributed by atoms with Crippen molar-refractivity contribution in [1.82, 2.24) is 14.9 Å². The minimum atomic E-state index is -0.573. The van der Waals surface area contributed by atoms with E-state index in [4.69, 9.17) is 4.74 Å². The Hall–Kier alpha value is -2.45. The number of carbonyl (C=O) groups is 1. The normalized spacial score (nSPS) is 15.4. The van der Waals surface area contributed by atoms with Crippen molar-refractivity contribution in [3.63, 3.8) is 0 Å². The Morgan fingerprint density at radius 2 is 2.00 bits per heavy atom. The van der Waals surface area contributed by atoms with Gasteiger partial charge >= 0.3 is 5.69 Å². The SMILES string of the molecule is O=C(Cn1c(=O)[nH]c2ccccc2c1=O)NCCC[NH+]1CCOCC1. The Kier molecular flexibility index (Phi) is 5.62. The third-order valence-corrected chi connectivity index (χ3v) is 4.42. The lowest BCUT2D eigenvalue weighted by Gasteiger charge is -2.23. The quantitative estimate of drug-likeness (QED) is 0.532. The molecule has 134 valence electrons. The van der Waals surface area contributed by atoms with Crippen LogP contribution in [-0.4, -0.2) is 54.9 Å². The topological polar surface area (TPSA) is 97.6 Å². The van der Waals surface area contributed by atoms with Gasteiger partial charge in [0.05, 0.1) is 30.7 Å². The number of quaternary nitrogens is 1. The zero-order chi connectivity index (χ0) is 17.6. The monoisotopic (exact) mass is 347 g/mol. The van der Waals surface area contributed by atoms with E-state index in [-0.39, 0.29) is 12.5 Å². The van der Waals surface area contributed by atoms with Crippen LogP contribution in [0.4, 0.5) is 0 Å². The number of morpholine rings is 1. The van der Waals surface area contributed by atoms with Crippen LogP contribution in [0.25, 0.3) is 10.9 Å². The van der Waals surface area contributed by atoms with Gasteiger partial charge in [-0.3, -0.25) is 14.2 Å². The van der Waals surface area contributed by atoms with Gasteiger partial charge in [-0.25, -0.2) is 4.79 Å². The molecular formula is C17H23N4O4+. The molecule has 3 rings (SSSR count). The molecule has 8 heteroatoms. The van der Waals surface area contributed by atoms with Crippen molar-refractivity contribution in [2.75, 3.05) is 39.4 Å². The molecule has 2 aromatic rings. The number of benzene rings is 1. The molecule has 1 aliphatic heterocycles. The smallest absolute Gasteiger partial charge is 0.329 e. The van der Waals surface area contributed by atoms with E-state index in [0.717, 1.165) is 43.8 Å². The van der Waals surface area contributed by atoms with Crippen LogP contribution < -0.4 is 21.5 Å². The Morgan fingerprint density at radius 1 is 1.24 bits per heavy atom. The third-order valence-electron chi connectivity index (χ3n) is 4.42. The Bertz CT molecular complexity index is 852. The molecule has 0 unspecified atom stereocenters. The Balaban J connectivity index is 1.55. The average Bonchev–Trinajstić information content (AvgIpc) is 2.63. The highest BCUT2D eigenvalue weighted by atomic mass is 16.5. The molecule has 1 saturated heterocycles. The minimum Gasteiger partial charge on any atom is -0.370 e. The third kappa shape index (κ3) is 4.34. The number of H-pyrrole nitrogens is 1. The number of aromatic nitrogens is 2. The Morgan fingerprint density at radius 3 is 2.80 bits per heavy atom. The largest absolute Gasteiger partial charge is 0.370 e. The van der Waals surface area contributed by atoms with Crippen molar-refractivity contribution in [3.8, 4) is 0 Å². The van der Waals surface area contributed by atoms with Crippen LogP contribution >= 0.6 is 0 Å². The van der Waals surface area contributed by atoms with Crippen molar-refractivity contribution >= 4 is 16.8 Å². The van der Waals surface area contributed by atoms with Gasteiger partial charge < -0.3 is 19.9 Å². The van der Waals surface area contributed by atoms with E-state index >= 15 is 0 Å². The van der Waals surface area contributed by atoms with Crippen LogP contribution in [0.5, 0.6) is 0 Å². The highest BCUT2D eigenvalue weighted by Gasteiger charge is 2.14. The number of nitrogens with zero attached hydrogens (tertiary/aromatic N) is 1. The molecule has 0 spiro atoms. The van der Waals surface area contributed by atoms with E-state index in [1.807, 2.05) is 0 Å². The van der Waals surface area contributed by atoms with Crippen molar-refractivity contribution in [2.24, 2.45) is 0 Å². The zero-order valence-electron chi connectivity index (χ0n) is 14.0.